The minimum absolute atomic E-state index is 0.161. The van der Waals surface area contributed by atoms with Crippen molar-refractivity contribution in [1.29, 1.82) is 0 Å². The number of hydrogen-bond donors (Lipinski definition) is 1. The third-order valence-corrected chi connectivity index (χ3v) is 5.47. The van der Waals surface area contributed by atoms with Crippen molar-refractivity contribution in [2.75, 3.05) is 6.54 Å². The molecule has 7 heteroatoms. The largest absolute Gasteiger partial charge is 0.456 e. The number of aryl methyl sites for hydroxylation is 1. The molecular formula is C22H23BrN4O2. The van der Waals surface area contributed by atoms with Gasteiger partial charge in [-0.25, -0.2) is 0 Å². The van der Waals surface area contributed by atoms with Crippen molar-refractivity contribution in [2.24, 2.45) is 0 Å². The molecule has 0 atom stereocenters. The van der Waals surface area contributed by atoms with E-state index >= 15 is 0 Å². The van der Waals surface area contributed by atoms with Gasteiger partial charge in [0, 0.05) is 30.4 Å². The van der Waals surface area contributed by atoms with Crippen LogP contribution in [0.15, 0.2) is 53.0 Å². The van der Waals surface area contributed by atoms with Gasteiger partial charge in [0.05, 0.1) is 5.56 Å². The maximum absolute atomic E-state index is 12.8. The molecule has 1 amide bonds. The lowest BCUT2D eigenvalue weighted by Crippen LogP contribution is -2.27. The summed E-state index contributed by atoms with van der Waals surface area (Å²) in [4.78, 5) is 12.8. The number of nitrogens with one attached hydrogen (secondary N) is 1. The van der Waals surface area contributed by atoms with Crippen LogP contribution in [0.4, 0.5) is 0 Å². The summed E-state index contributed by atoms with van der Waals surface area (Å²) in [7, 11) is 0. The second-order valence-electron chi connectivity index (χ2n) is 7.06. The van der Waals surface area contributed by atoms with E-state index in [9.17, 15) is 4.79 Å². The summed E-state index contributed by atoms with van der Waals surface area (Å²) >= 11 is 3.43. The molecule has 1 aromatic heterocycles. The molecule has 0 radical (unpaired) electrons. The van der Waals surface area contributed by atoms with Crippen LogP contribution in [0.25, 0.3) is 0 Å². The lowest BCUT2D eigenvalue weighted by Gasteiger charge is -2.12. The topological polar surface area (TPSA) is 69.0 Å². The average molecular weight is 455 g/mol. The standard InChI is InChI=1S/C22H23BrN4O2/c23-16-7-6-8-17(15-16)29-19-10-4-3-9-18(19)22(28)24-13-12-21-26-25-20-11-2-1-5-14-27(20)21/h3-4,6-10,15H,1-2,5,11-14H2,(H,24,28). The SMILES string of the molecule is O=C(NCCc1nnc2n1CCCCC2)c1ccccc1Oc1cccc(Br)c1. The fourth-order valence-corrected chi connectivity index (χ4v) is 3.89. The first-order valence-corrected chi connectivity index (χ1v) is 10.7. The quantitative estimate of drug-likeness (QED) is 0.593. The minimum atomic E-state index is -0.161. The van der Waals surface area contributed by atoms with E-state index in [0.717, 1.165) is 35.5 Å². The molecule has 1 N–H and O–H groups in total. The lowest BCUT2D eigenvalue weighted by atomic mass is 10.2. The van der Waals surface area contributed by atoms with Crippen LogP contribution in [-0.4, -0.2) is 27.2 Å². The summed E-state index contributed by atoms with van der Waals surface area (Å²) in [5.74, 6) is 3.05. The number of amides is 1. The van der Waals surface area contributed by atoms with Gasteiger partial charge in [0.1, 0.15) is 23.1 Å². The fourth-order valence-electron chi connectivity index (χ4n) is 3.51. The van der Waals surface area contributed by atoms with Crippen molar-refractivity contribution in [3.8, 4) is 11.5 Å². The number of aromatic nitrogens is 3. The normalized spacial score (nSPS) is 13.4. The van der Waals surface area contributed by atoms with Crippen LogP contribution in [0.2, 0.25) is 0 Å². The number of benzene rings is 2. The smallest absolute Gasteiger partial charge is 0.255 e. The van der Waals surface area contributed by atoms with Gasteiger partial charge in [-0.05, 0) is 43.2 Å². The van der Waals surface area contributed by atoms with Crippen LogP contribution in [0.5, 0.6) is 11.5 Å². The summed E-state index contributed by atoms with van der Waals surface area (Å²) < 4.78 is 9.07. The van der Waals surface area contributed by atoms with Gasteiger partial charge in [-0.15, -0.1) is 10.2 Å². The van der Waals surface area contributed by atoms with Crippen LogP contribution >= 0.6 is 15.9 Å². The Bertz CT molecular complexity index is 1000. The number of carbonyl (C=O) groups is 1. The molecule has 0 saturated carbocycles. The predicted octanol–water partition coefficient (Wildman–Crippen LogP) is 4.53. The van der Waals surface area contributed by atoms with Gasteiger partial charge >= 0.3 is 0 Å². The van der Waals surface area contributed by atoms with E-state index in [4.69, 9.17) is 4.74 Å². The number of nitrogens with zero attached hydrogens (tertiary/aromatic N) is 3. The number of rotatable bonds is 6. The third-order valence-electron chi connectivity index (χ3n) is 4.98. The number of hydrogen-bond acceptors (Lipinski definition) is 4. The summed E-state index contributed by atoms with van der Waals surface area (Å²) in [6, 6.07) is 14.8. The van der Waals surface area contributed by atoms with Crippen molar-refractivity contribution >= 4 is 21.8 Å². The van der Waals surface area contributed by atoms with Gasteiger partial charge < -0.3 is 14.6 Å². The zero-order chi connectivity index (χ0) is 20.1. The molecule has 150 valence electrons. The molecule has 1 aliphatic rings. The van der Waals surface area contributed by atoms with Crippen LogP contribution in [0.1, 0.15) is 41.3 Å². The van der Waals surface area contributed by atoms with Crippen molar-refractivity contribution in [3.05, 3.63) is 70.2 Å². The van der Waals surface area contributed by atoms with E-state index in [1.807, 2.05) is 36.4 Å². The number of halogens is 1. The van der Waals surface area contributed by atoms with Gasteiger partial charge in [0.2, 0.25) is 0 Å². The molecular weight excluding hydrogens is 432 g/mol. The van der Waals surface area contributed by atoms with E-state index in [2.05, 4.69) is 36.0 Å². The molecule has 3 aromatic rings. The molecule has 1 aliphatic heterocycles. The molecule has 0 fully saturated rings. The summed E-state index contributed by atoms with van der Waals surface area (Å²) in [5, 5.41) is 11.6. The van der Waals surface area contributed by atoms with Gasteiger partial charge in [0.15, 0.2) is 0 Å². The summed E-state index contributed by atoms with van der Waals surface area (Å²) in [6.45, 7) is 1.47. The number of fused-ring (bicyclic) bond motifs is 1. The number of para-hydroxylation sites is 1. The fraction of sp³-hybridized carbons (Fsp3) is 0.318. The van der Waals surface area contributed by atoms with E-state index in [-0.39, 0.29) is 5.91 Å². The highest BCUT2D eigenvalue weighted by molar-refractivity contribution is 9.10. The van der Waals surface area contributed by atoms with E-state index in [0.29, 0.717) is 30.0 Å². The molecule has 0 unspecified atom stereocenters. The van der Waals surface area contributed by atoms with Gasteiger partial charge in [-0.3, -0.25) is 4.79 Å². The second-order valence-corrected chi connectivity index (χ2v) is 7.97. The second kappa shape index (κ2) is 9.22. The maximum atomic E-state index is 12.8. The van der Waals surface area contributed by atoms with E-state index < -0.39 is 0 Å². The Morgan fingerprint density at radius 2 is 2.00 bits per heavy atom. The van der Waals surface area contributed by atoms with Crippen LogP contribution in [0, 0.1) is 0 Å². The Morgan fingerprint density at radius 1 is 1.10 bits per heavy atom. The first-order chi connectivity index (χ1) is 14.2. The van der Waals surface area contributed by atoms with E-state index in [1.165, 1.54) is 12.8 Å². The Balaban J connectivity index is 1.40. The zero-order valence-electron chi connectivity index (χ0n) is 16.1. The Morgan fingerprint density at radius 3 is 2.90 bits per heavy atom. The molecule has 0 saturated heterocycles. The highest BCUT2D eigenvalue weighted by Crippen LogP contribution is 2.27. The van der Waals surface area contributed by atoms with Crippen molar-refractivity contribution in [3.63, 3.8) is 0 Å². The highest BCUT2D eigenvalue weighted by Gasteiger charge is 2.16. The Kier molecular flexibility index (Phi) is 6.24. The molecule has 4 rings (SSSR count). The van der Waals surface area contributed by atoms with E-state index in [1.54, 1.807) is 12.1 Å². The molecule has 6 nitrogen and oxygen atoms in total. The lowest BCUT2D eigenvalue weighted by molar-refractivity contribution is 0.0951. The number of carbonyl (C=O) groups excluding carboxylic acids is 1. The Labute approximate surface area is 178 Å². The van der Waals surface area contributed by atoms with Gasteiger partial charge in [0.25, 0.3) is 5.91 Å². The van der Waals surface area contributed by atoms with Gasteiger partial charge in [-0.1, -0.05) is 40.5 Å². The van der Waals surface area contributed by atoms with Crippen LogP contribution < -0.4 is 10.1 Å². The number of ether oxygens (including phenoxy) is 1. The van der Waals surface area contributed by atoms with Crippen molar-refractivity contribution in [2.45, 2.75) is 38.6 Å². The first-order valence-electron chi connectivity index (χ1n) is 9.92. The van der Waals surface area contributed by atoms with Gasteiger partial charge in [-0.2, -0.15) is 0 Å². The van der Waals surface area contributed by atoms with Crippen LogP contribution in [0.3, 0.4) is 0 Å². The van der Waals surface area contributed by atoms with Crippen LogP contribution in [-0.2, 0) is 19.4 Å². The molecule has 0 bridgehead atoms. The minimum Gasteiger partial charge on any atom is -0.456 e. The molecule has 2 aromatic carbocycles. The first kappa shape index (κ1) is 19.6. The molecule has 29 heavy (non-hydrogen) atoms. The molecule has 0 spiro atoms. The average Bonchev–Trinajstić information content (AvgIpc) is 2.94. The monoisotopic (exact) mass is 454 g/mol. The predicted molar refractivity (Wildman–Crippen MR) is 114 cm³/mol. The Hall–Kier alpha value is -2.67. The highest BCUT2D eigenvalue weighted by atomic mass is 79.9. The zero-order valence-corrected chi connectivity index (χ0v) is 17.7. The van der Waals surface area contributed by atoms with Crippen molar-refractivity contribution < 1.29 is 9.53 Å². The third kappa shape index (κ3) is 4.85. The molecule has 2 heterocycles. The maximum Gasteiger partial charge on any atom is 0.255 e. The summed E-state index contributed by atoms with van der Waals surface area (Å²) in [5.41, 5.74) is 0.507. The summed E-state index contributed by atoms with van der Waals surface area (Å²) in [6.07, 6.45) is 5.20. The van der Waals surface area contributed by atoms with Crippen molar-refractivity contribution in [1.82, 2.24) is 20.1 Å². The molecule has 0 aliphatic carbocycles.